The van der Waals surface area contributed by atoms with Gasteiger partial charge in [0.25, 0.3) is 0 Å². The van der Waals surface area contributed by atoms with Gasteiger partial charge in [0, 0.05) is 29.3 Å². The SMILES string of the molecule is O=C(Nc1cccc(F)c1)C1C2C=CC3(CN(CCc4c[nH]c5ccccc45)C(=O)C13)O2. The number of hydrogen-bond donors (Lipinski definition) is 2. The summed E-state index contributed by atoms with van der Waals surface area (Å²) >= 11 is 0. The smallest absolute Gasteiger partial charge is 0.231 e. The Hall–Kier alpha value is -3.45. The van der Waals surface area contributed by atoms with E-state index in [4.69, 9.17) is 4.74 Å². The van der Waals surface area contributed by atoms with Crippen LogP contribution in [0.5, 0.6) is 0 Å². The lowest BCUT2D eigenvalue weighted by Gasteiger charge is -2.23. The van der Waals surface area contributed by atoms with E-state index < -0.39 is 29.4 Å². The Morgan fingerprint density at radius 1 is 1.25 bits per heavy atom. The summed E-state index contributed by atoms with van der Waals surface area (Å²) in [5.41, 5.74) is 1.84. The number of fused-ring (bicyclic) bond motifs is 2. The summed E-state index contributed by atoms with van der Waals surface area (Å²) in [6.07, 6.45) is 6.09. The minimum Gasteiger partial charge on any atom is -0.361 e. The van der Waals surface area contributed by atoms with E-state index in [1.165, 1.54) is 18.2 Å². The van der Waals surface area contributed by atoms with Crippen molar-refractivity contribution in [2.24, 2.45) is 11.8 Å². The summed E-state index contributed by atoms with van der Waals surface area (Å²) in [5.74, 6) is -1.99. The molecule has 4 unspecified atom stereocenters. The van der Waals surface area contributed by atoms with Crippen LogP contribution < -0.4 is 5.32 Å². The van der Waals surface area contributed by atoms with Crippen molar-refractivity contribution < 1.29 is 18.7 Å². The van der Waals surface area contributed by atoms with Gasteiger partial charge in [0.05, 0.1) is 24.5 Å². The molecule has 0 radical (unpaired) electrons. The molecule has 6 nitrogen and oxygen atoms in total. The zero-order valence-corrected chi connectivity index (χ0v) is 17.3. The normalized spacial score (nSPS) is 28.0. The van der Waals surface area contributed by atoms with E-state index in [1.807, 2.05) is 36.5 Å². The number of para-hydroxylation sites is 1. The van der Waals surface area contributed by atoms with E-state index in [1.54, 1.807) is 11.0 Å². The molecule has 1 spiro atoms. The molecule has 2 bridgehead atoms. The summed E-state index contributed by atoms with van der Waals surface area (Å²) in [4.78, 5) is 31.5. The molecule has 2 saturated heterocycles. The highest BCUT2D eigenvalue weighted by Crippen LogP contribution is 2.52. The first-order valence-electron chi connectivity index (χ1n) is 10.8. The molecule has 6 rings (SSSR count). The minimum absolute atomic E-state index is 0.0592. The topological polar surface area (TPSA) is 74.4 Å². The second kappa shape index (κ2) is 7.03. The average molecular weight is 431 g/mol. The van der Waals surface area contributed by atoms with Gasteiger partial charge < -0.3 is 19.9 Å². The third-order valence-corrected chi connectivity index (χ3v) is 6.90. The van der Waals surface area contributed by atoms with Crippen molar-refractivity contribution in [1.29, 1.82) is 0 Å². The van der Waals surface area contributed by atoms with Gasteiger partial charge >= 0.3 is 0 Å². The van der Waals surface area contributed by atoms with Crippen LogP contribution in [0.25, 0.3) is 10.9 Å². The first-order valence-corrected chi connectivity index (χ1v) is 10.8. The van der Waals surface area contributed by atoms with Gasteiger partial charge in [-0.3, -0.25) is 9.59 Å². The monoisotopic (exact) mass is 431 g/mol. The molecule has 3 aliphatic heterocycles. The van der Waals surface area contributed by atoms with Crippen molar-refractivity contribution in [2.45, 2.75) is 18.1 Å². The molecule has 0 saturated carbocycles. The van der Waals surface area contributed by atoms with E-state index >= 15 is 0 Å². The lowest BCUT2D eigenvalue weighted by atomic mass is 9.77. The Kier molecular flexibility index (Phi) is 4.23. The number of benzene rings is 2. The number of ether oxygens (including phenoxy) is 1. The number of halogens is 1. The molecular formula is C25H22FN3O3. The van der Waals surface area contributed by atoms with Crippen LogP contribution in [0.4, 0.5) is 10.1 Å². The number of H-pyrrole nitrogens is 1. The Morgan fingerprint density at radius 3 is 3.00 bits per heavy atom. The van der Waals surface area contributed by atoms with Gasteiger partial charge in [-0.15, -0.1) is 0 Å². The third kappa shape index (κ3) is 2.88. The van der Waals surface area contributed by atoms with Crippen molar-refractivity contribution in [3.63, 3.8) is 0 Å². The average Bonchev–Trinajstić information content (AvgIpc) is 3.52. The standard InChI is InChI=1S/C25H22FN3O3/c26-16-4-3-5-17(12-16)28-23(30)21-20-8-10-25(32-20)14-29(24(31)22(21)25)11-9-15-13-27-19-7-2-1-6-18(15)19/h1-8,10,12-13,20-22,27H,9,11,14H2,(H,28,30). The van der Waals surface area contributed by atoms with Gasteiger partial charge in [0.2, 0.25) is 11.8 Å². The fourth-order valence-corrected chi connectivity index (χ4v) is 5.45. The maximum absolute atomic E-state index is 13.5. The maximum atomic E-state index is 13.5. The first-order chi connectivity index (χ1) is 15.5. The second-order valence-corrected chi connectivity index (χ2v) is 8.77. The highest BCUT2D eigenvalue weighted by molar-refractivity contribution is 5.99. The van der Waals surface area contributed by atoms with Crippen LogP contribution in [0.3, 0.4) is 0 Å². The Labute approximate surface area is 184 Å². The maximum Gasteiger partial charge on any atom is 0.231 e. The quantitative estimate of drug-likeness (QED) is 0.609. The van der Waals surface area contributed by atoms with Gasteiger partial charge in [0.1, 0.15) is 11.4 Å². The molecular weight excluding hydrogens is 409 g/mol. The highest BCUT2D eigenvalue weighted by Gasteiger charge is 2.66. The van der Waals surface area contributed by atoms with E-state index in [0.29, 0.717) is 25.2 Å². The molecule has 2 N–H and O–H groups in total. The predicted molar refractivity (Wildman–Crippen MR) is 117 cm³/mol. The zero-order chi connectivity index (χ0) is 21.9. The van der Waals surface area contributed by atoms with Gasteiger partial charge in [-0.2, -0.15) is 0 Å². The number of nitrogens with one attached hydrogen (secondary N) is 2. The van der Waals surface area contributed by atoms with Crippen LogP contribution in [0.15, 0.2) is 66.9 Å². The number of aromatic nitrogens is 1. The van der Waals surface area contributed by atoms with Crippen molar-refractivity contribution in [3.05, 3.63) is 78.3 Å². The molecule has 3 aromatic rings. The summed E-state index contributed by atoms with van der Waals surface area (Å²) in [6.45, 7) is 0.995. The molecule has 2 fully saturated rings. The molecule has 0 aliphatic carbocycles. The second-order valence-electron chi connectivity index (χ2n) is 8.77. The molecule has 4 atom stereocenters. The number of carbonyl (C=O) groups excluding carboxylic acids is 2. The molecule has 2 amide bonds. The predicted octanol–water partition coefficient (Wildman–Crippen LogP) is 3.27. The number of nitrogens with zero attached hydrogens (tertiary/aromatic N) is 1. The van der Waals surface area contributed by atoms with E-state index in [2.05, 4.69) is 16.4 Å². The van der Waals surface area contributed by atoms with Crippen molar-refractivity contribution >= 4 is 28.4 Å². The van der Waals surface area contributed by atoms with Gasteiger partial charge in [0.15, 0.2) is 0 Å². The number of aromatic amines is 1. The summed E-state index contributed by atoms with van der Waals surface area (Å²) < 4.78 is 19.7. The summed E-state index contributed by atoms with van der Waals surface area (Å²) in [7, 11) is 0. The van der Waals surface area contributed by atoms with Crippen molar-refractivity contribution in [2.75, 3.05) is 18.4 Å². The van der Waals surface area contributed by atoms with Crippen LogP contribution in [0.1, 0.15) is 5.56 Å². The molecule has 32 heavy (non-hydrogen) atoms. The zero-order valence-electron chi connectivity index (χ0n) is 17.3. The van der Waals surface area contributed by atoms with Crippen LogP contribution in [0.2, 0.25) is 0 Å². The van der Waals surface area contributed by atoms with E-state index in [-0.39, 0.29) is 11.8 Å². The molecule has 2 aromatic carbocycles. The highest BCUT2D eigenvalue weighted by atomic mass is 19.1. The summed E-state index contributed by atoms with van der Waals surface area (Å²) in [5, 5.41) is 3.92. The van der Waals surface area contributed by atoms with Crippen molar-refractivity contribution in [1.82, 2.24) is 9.88 Å². The van der Waals surface area contributed by atoms with Crippen molar-refractivity contribution in [3.8, 4) is 0 Å². The Morgan fingerprint density at radius 2 is 2.12 bits per heavy atom. The van der Waals surface area contributed by atoms with E-state index in [0.717, 1.165) is 16.5 Å². The largest absolute Gasteiger partial charge is 0.361 e. The first kappa shape index (κ1) is 19.3. The number of likely N-dealkylation sites (tertiary alicyclic amines) is 1. The van der Waals surface area contributed by atoms with Gasteiger partial charge in [-0.05, 0) is 36.2 Å². The molecule has 4 heterocycles. The lowest BCUT2D eigenvalue weighted by Crippen LogP contribution is -2.41. The molecule has 162 valence electrons. The third-order valence-electron chi connectivity index (χ3n) is 6.90. The summed E-state index contributed by atoms with van der Waals surface area (Å²) in [6, 6.07) is 13.8. The van der Waals surface area contributed by atoms with Crippen LogP contribution in [-0.2, 0) is 20.7 Å². The van der Waals surface area contributed by atoms with Crippen LogP contribution in [-0.4, -0.2) is 46.5 Å². The molecule has 7 heteroatoms. The Bertz CT molecular complexity index is 1270. The fourth-order valence-electron chi connectivity index (χ4n) is 5.45. The van der Waals surface area contributed by atoms with Gasteiger partial charge in [-0.1, -0.05) is 36.4 Å². The number of carbonyl (C=O) groups is 2. The van der Waals surface area contributed by atoms with Crippen LogP contribution in [0, 0.1) is 17.7 Å². The lowest BCUT2D eigenvalue weighted by molar-refractivity contribution is -0.135. The number of rotatable bonds is 5. The molecule has 1 aromatic heterocycles. The Balaban J connectivity index is 1.20. The number of hydrogen-bond acceptors (Lipinski definition) is 3. The number of anilines is 1. The molecule has 3 aliphatic rings. The van der Waals surface area contributed by atoms with Crippen LogP contribution >= 0.6 is 0 Å². The van der Waals surface area contributed by atoms with Gasteiger partial charge in [-0.25, -0.2) is 4.39 Å². The fraction of sp³-hybridized carbons (Fsp3) is 0.280. The van der Waals surface area contributed by atoms with E-state index in [9.17, 15) is 14.0 Å². The minimum atomic E-state index is -0.758. The number of amides is 2.